The summed E-state index contributed by atoms with van der Waals surface area (Å²) in [6, 6.07) is 11.0. The third-order valence-corrected chi connectivity index (χ3v) is 3.04. The highest BCUT2D eigenvalue weighted by Gasteiger charge is 2.17. The lowest BCUT2D eigenvalue weighted by atomic mass is 10.00. The molecule has 1 heterocycles. The topological polar surface area (TPSA) is 24.9 Å². The van der Waals surface area contributed by atoms with Gasteiger partial charge < -0.3 is 5.32 Å². The third-order valence-electron chi connectivity index (χ3n) is 3.04. The molecule has 1 aromatic carbocycles. The SMILES string of the molecule is CCc1cccc(C(NC)c2ncccc2F)c1. The van der Waals surface area contributed by atoms with Gasteiger partial charge in [-0.2, -0.15) is 0 Å². The predicted molar refractivity (Wildman–Crippen MR) is 70.9 cm³/mol. The van der Waals surface area contributed by atoms with Crippen LogP contribution in [-0.4, -0.2) is 12.0 Å². The van der Waals surface area contributed by atoms with E-state index in [2.05, 4.69) is 29.4 Å². The Balaban J connectivity index is 2.42. The second-order valence-electron chi connectivity index (χ2n) is 4.19. The van der Waals surface area contributed by atoms with Crippen LogP contribution < -0.4 is 5.32 Å². The van der Waals surface area contributed by atoms with Crippen LogP contribution in [0.25, 0.3) is 0 Å². The highest BCUT2D eigenvalue weighted by Crippen LogP contribution is 2.23. The van der Waals surface area contributed by atoms with Crippen molar-refractivity contribution in [1.82, 2.24) is 10.3 Å². The smallest absolute Gasteiger partial charge is 0.146 e. The van der Waals surface area contributed by atoms with Crippen LogP contribution in [0.15, 0.2) is 42.6 Å². The van der Waals surface area contributed by atoms with E-state index in [1.54, 1.807) is 12.3 Å². The zero-order valence-electron chi connectivity index (χ0n) is 10.7. The standard InChI is InChI=1S/C15H17FN2/c1-3-11-6-4-7-12(10-11)14(17-2)15-13(16)8-5-9-18-15/h4-10,14,17H,3H2,1-2H3. The fourth-order valence-corrected chi connectivity index (χ4v) is 2.06. The highest BCUT2D eigenvalue weighted by atomic mass is 19.1. The van der Waals surface area contributed by atoms with E-state index in [9.17, 15) is 4.39 Å². The molecule has 1 unspecified atom stereocenters. The number of aryl methyl sites for hydroxylation is 1. The van der Waals surface area contributed by atoms with Gasteiger partial charge in [0.25, 0.3) is 0 Å². The van der Waals surface area contributed by atoms with Crippen molar-refractivity contribution in [1.29, 1.82) is 0 Å². The highest BCUT2D eigenvalue weighted by molar-refractivity contribution is 5.32. The zero-order chi connectivity index (χ0) is 13.0. The Morgan fingerprint density at radius 2 is 2.11 bits per heavy atom. The van der Waals surface area contributed by atoms with Crippen molar-refractivity contribution in [2.45, 2.75) is 19.4 Å². The van der Waals surface area contributed by atoms with Crippen molar-refractivity contribution >= 4 is 0 Å². The third kappa shape index (κ3) is 2.57. The molecule has 0 fully saturated rings. The molecule has 0 spiro atoms. The number of rotatable bonds is 4. The lowest BCUT2D eigenvalue weighted by molar-refractivity contribution is 0.559. The average Bonchev–Trinajstić information content (AvgIpc) is 2.42. The molecule has 18 heavy (non-hydrogen) atoms. The van der Waals surface area contributed by atoms with Gasteiger partial charge in [0.2, 0.25) is 0 Å². The van der Waals surface area contributed by atoms with Gasteiger partial charge in [-0.25, -0.2) is 4.39 Å². The van der Waals surface area contributed by atoms with E-state index >= 15 is 0 Å². The van der Waals surface area contributed by atoms with Gasteiger partial charge in [-0.05, 0) is 36.7 Å². The van der Waals surface area contributed by atoms with Crippen LogP contribution in [0.2, 0.25) is 0 Å². The van der Waals surface area contributed by atoms with Gasteiger partial charge in [-0.1, -0.05) is 31.2 Å². The molecule has 0 saturated heterocycles. The summed E-state index contributed by atoms with van der Waals surface area (Å²) in [7, 11) is 1.82. The molecular weight excluding hydrogens is 227 g/mol. The number of benzene rings is 1. The minimum atomic E-state index is -0.279. The largest absolute Gasteiger partial charge is 0.308 e. The van der Waals surface area contributed by atoms with Gasteiger partial charge in [0.15, 0.2) is 0 Å². The number of nitrogens with zero attached hydrogens (tertiary/aromatic N) is 1. The molecule has 2 aromatic rings. The molecule has 2 rings (SSSR count). The maximum absolute atomic E-state index is 13.8. The Hall–Kier alpha value is -1.74. The summed E-state index contributed by atoms with van der Waals surface area (Å²) in [6.07, 6.45) is 2.58. The Morgan fingerprint density at radius 3 is 2.78 bits per heavy atom. The first kappa shape index (κ1) is 12.7. The van der Waals surface area contributed by atoms with E-state index in [1.165, 1.54) is 11.6 Å². The van der Waals surface area contributed by atoms with Gasteiger partial charge in [0.05, 0.1) is 11.7 Å². The van der Waals surface area contributed by atoms with Crippen LogP contribution in [0.4, 0.5) is 4.39 Å². The molecule has 2 nitrogen and oxygen atoms in total. The van der Waals surface area contributed by atoms with E-state index in [0.29, 0.717) is 5.69 Å². The first-order chi connectivity index (χ1) is 8.76. The van der Waals surface area contributed by atoms with Gasteiger partial charge in [0, 0.05) is 6.20 Å². The fourth-order valence-electron chi connectivity index (χ4n) is 2.06. The minimum absolute atomic E-state index is 0.210. The minimum Gasteiger partial charge on any atom is -0.308 e. The van der Waals surface area contributed by atoms with Crippen molar-refractivity contribution in [3.63, 3.8) is 0 Å². The molecule has 0 aliphatic rings. The Bertz CT molecular complexity index is 525. The van der Waals surface area contributed by atoms with Gasteiger partial charge in [-0.3, -0.25) is 4.98 Å². The number of hydrogen-bond donors (Lipinski definition) is 1. The lowest BCUT2D eigenvalue weighted by Gasteiger charge is -2.17. The van der Waals surface area contributed by atoms with Crippen LogP contribution in [0.1, 0.15) is 29.8 Å². The lowest BCUT2D eigenvalue weighted by Crippen LogP contribution is -2.20. The molecule has 0 bridgehead atoms. The first-order valence-electron chi connectivity index (χ1n) is 6.12. The average molecular weight is 244 g/mol. The Morgan fingerprint density at radius 1 is 1.28 bits per heavy atom. The number of halogens is 1. The molecule has 1 aromatic heterocycles. The van der Waals surface area contributed by atoms with E-state index < -0.39 is 0 Å². The van der Waals surface area contributed by atoms with Crippen LogP contribution in [0.5, 0.6) is 0 Å². The molecule has 1 atom stereocenters. The van der Waals surface area contributed by atoms with Crippen LogP contribution >= 0.6 is 0 Å². The molecule has 0 aliphatic carbocycles. The summed E-state index contributed by atoms with van der Waals surface area (Å²) < 4.78 is 13.8. The number of hydrogen-bond acceptors (Lipinski definition) is 2. The number of nitrogens with one attached hydrogen (secondary N) is 1. The van der Waals surface area contributed by atoms with Crippen LogP contribution in [-0.2, 0) is 6.42 Å². The van der Waals surface area contributed by atoms with E-state index in [0.717, 1.165) is 12.0 Å². The normalized spacial score (nSPS) is 12.4. The van der Waals surface area contributed by atoms with Crippen molar-refractivity contribution < 1.29 is 4.39 Å². The second kappa shape index (κ2) is 5.74. The maximum Gasteiger partial charge on any atom is 0.146 e. The quantitative estimate of drug-likeness (QED) is 0.894. The monoisotopic (exact) mass is 244 g/mol. The molecule has 0 radical (unpaired) electrons. The van der Waals surface area contributed by atoms with Crippen molar-refractivity contribution in [2.75, 3.05) is 7.05 Å². The van der Waals surface area contributed by atoms with E-state index in [4.69, 9.17) is 0 Å². The van der Waals surface area contributed by atoms with Crippen molar-refractivity contribution in [3.8, 4) is 0 Å². The molecule has 1 N–H and O–H groups in total. The summed E-state index contributed by atoms with van der Waals surface area (Å²) in [5.41, 5.74) is 2.71. The summed E-state index contributed by atoms with van der Waals surface area (Å²) >= 11 is 0. The molecular formula is C15H17FN2. The van der Waals surface area contributed by atoms with E-state index in [1.807, 2.05) is 19.2 Å². The summed E-state index contributed by atoms with van der Waals surface area (Å²) in [6.45, 7) is 2.11. The maximum atomic E-state index is 13.8. The first-order valence-corrected chi connectivity index (χ1v) is 6.12. The second-order valence-corrected chi connectivity index (χ2v) is 4.19. The molecule has 94 valence electrons. The zero-order valence-corrected chi connectivity index (χ0v) is 10.7. The predicted octanol–water partition coefficient (Wildman–Crippen LogP) is 3.09. The van der Waals surface area contributed by atoms with Crippen molar-refractivity contribution in [3.05, 3.63) is 65.2 Å². The van der Waals surface area contributed by atoms with Gasteiger partial charge >= 0.3 is 0 Å². The summed E-state index contributed by atoms with van der Waals surface area (Å²) in [5.74, 6) is -0.279. The molecule has 0 saturated carbocycles. The van der Waals surface area contributed by atoms with Gasteiger partial charge in [0.1, 0.15) is 5.82 Å². The van der Waals surface area contributed by atoms with Gasteiger partial charge in [-0.15, -0.1) is 0 Å². The Labute approximate surface area is 107 Å². The fraction of sp³-hybridized carbons (Fsp3) is 0.267. The molecule has 3 heteroatoms. The van der Waals surface area contributed by atoms with E-state index in [-0.39, 0.29) is 11.9 Å². The molecule has 0 amide bonds. The van der Waals surface area contributed by atoms with Crippen molar-refractivity contribution in [2.24, 2.45) is 0 Å². The number of aromatic nitrogens is 1. The Kier molecular flexibility index (Phi) is 4.05. The summed E-state index contributed by atoms with van der Waals surface area (Å²) in [4.78, 5) is 4.14. The summed E-state index contributed by atoms with van der Waals surface area (Å²) in [5, 5.41) is 3.12. The molecule has 0 aliphatic heterocycles. The van der Waals surface area contributed by atoms with Crippen LogP contribution in [0.3, 0.4) is 0 Å². The van der Waals surface area contributed by atoms with Crippen LogP contribution in [0, 0.1) is 5.82 Å². The number of pyridine rings is 1.